The molecule has 1 amide bonds. The van der Waals surface area contributed by atoms with Crippen LogP contribution in [0.5, 0.6) is 0 Å². The Kier molecular flexibility index (Phi) is 4.80. The van der Waals surface area contributed by atoms with Crippen LogP contribution in [0.3, 0.4) is 0 Å². The Balaban J connectivity index is 2.77. The van der Waals surface area contributed by atoms with Crippen molar-refractivity contribution in [1.29, 1.82) is 0 Å². The number of rotatable bonds is 5. The summed E-state index contributed by atoms with van der Waals surface area (Å²) in [6.07, 6.45) is 0.833. The van der Waals surface area contributed by atoms with Crippen molar-refractivity contribution >= 4 is 17.5 Å². The molecule has 0 aliphatic carbocycles. The average molecular weight is 244 g/mol. The van der Waals surface area contributed by atoms with Gasteiger partial charge < -0.3 is 5.32 Å². The first-order valence-electron chi connectivity index (χ1n) is 5.57. The molecule has 5 heteroatoms. The van der Waals surface area contributed by atoms with Crippen LogP contribution in [0.4, 0.5) is 0 Å². The van der Waals surface area contributed by atoms with Crippen molar-refractivity contribution in [3.63, 3.8) is 0 Å². The fraction of sp³-hybridized carbons (Fsp3) is 0.636. The van der Waals surface area contributed by atoms with Crippen LogP contribution in [0.1, 0.15) is 37.0 Å². The first-order valence-corrected chi connectivity index (χ1v) is 6.01. The molecular weight excluding hydrogens is 226 g/mol. The summed E-state index contributed by atoms with van der Waals surface area (Å²) in [7, 11) is 0. The van der Waals surface area contributed by atoms with E-state index in [2.05, 4.69) is 10.4 Å². The van der Waals surface area contributed by atoms with Gasteiger partial charge in [-0.25, -0.2) is 0 Å². The van der Waals surface area contributed by atoms with E-state index in [0.717, 1.165) is 12.1 Å². The molecule has 0 bridgehead atoms. The molecule has 0 aliphatic rings. The number of carbonyl (C=O) groups is 1. The smallest absolute Gasteiger partial charge is 0.269 e. The van der Waals surface area contributed by atoms with Gasteiger partial charge in [-0.3, -0.25) is 9.48 Å². The predicted molar refractivity (Wildman–Crippen MR) is 64.9 cm³/mol. The molecule has 0 aromatic carbocycles. The number of amides is 1. The molecule has 1 unspecified atom stereocenters. The highest BCUT2D eigenvalue weighted by Gasteiger charge is 2.13. The molecule has 0 aliphatic heterocycles. The number of nitrogens with zero attached hydrogens (tertiary/aromatic N) is 2. The van der Waals surface area contributed by atoms with Crippen LogP contribution < -0.4 is 5.32 Å². The maximum Gasteiger partial charge on any atom is 0.269 e. The average Bonchev–Trinajstić information content (AvgIpc) is 2.68. The number of aryl methyl sites for hydroxylation is 2. The second kappa shape index (κ2) is 5.89. The highest BCUT2D eigenvalue weighted by molar-refractivity contribution is 6.20. The van der Waals surface area contributed by atoms with Gasteiger partial charge in [0.1, 0.15) is 5.69 Å². The third kappa shape index (κ3) is 3.23. The third-order valence-electron chi connectivity index (χ3n) is 2.27. The molecular formula is C11H18ClN3O. The van der Waals surface area contributed by atoms with Gasteiger partial charge in [-0.1, -0.05) is 6.92 Å². The van der Waals surface area contributed by atoms with E-state index in [1.165, 1.54) is 0 Å². The number of carbonyl (C=O) groups excluding carboxylic acids is 1. The lowest BCUT2D eigenvalue weighted by molar-refractivity contribution is 0.0943. The van der Waals surface area contributed by atoms with Crippen LogP contribution in [0, 0.1) is 0 Å². The number of nitrogens with one attached hydrogen (secondary N) is 1. The summed E-state index contributed by atoms with van der Waals surface area (Å²) in [6.45, 7) is 6.99. The zero-order valence-electron chi connectivity index (χ0n) is 9.96. The Morgan fingerprint density at radius 3 is 2.81 bits per heavy atom. The molecule has 1 aromatic rings. The van der Waals surface area contributed by atoms with E-state index >= 15 is 0 Å². The molecule has 1 aromatic heterocycles. The van der Waals surface area contributed by atoms with Crippen LogP contribution in [0.15, 0.2) is 6.07 Å². The second-order valence-corrected chi connectivity index (χ2v) is 4.43. The normalized spacial score (nSPS) is 12.5. The molecule has 1 N–H and O–H groups in total. The number of hydrogen-bond acceptors (Lipinski definition) is 2. The predicted octanol–water partition coefficient (Wildman–Crippen LogP) is 1.82. The van der Waals surface area contributed by atoms with Crippen LogP contribution in [-0.4, -0.2) is 27.6 Å². The molecule has 0 fully saturated rings. The van der Waals surface area contributed by atoms with Gasteiger partial charge >= 0.3 is 0 Å². The Hall–Kier alpha value is -1.03. The van der Waals surface area contributed by atoms with E-state index in [1.54, 1.807) is 4.68 Å². The van der Waals surface area contributed by atoms with E-state index < -0.39 is 0 Å². The molecule has 0 saturated heterocycles. The number of alkyl halides is 1. The quantitative estimate of drug-likeness (QED) is 0.802. The van der Waals surface area contributed by atoms with Gasteiger partial charge in [0.25, 0.3) is 5.91 Å². The van der Waals surface area contributed by atoms with Crippen molar-refractivity contribution in [2.45, 2.75) is 39.1 Å². The Bertz CT molecular complexity index is 360. The maximum atomic E-state index is 11.8. The van der Waals surface area contributed by atoms with Gasteiger partial charge in [0.2, 0.25) is 0 Å². The SMILES string of the molecule is CCc1cc(C(=O)NCC(C)Cl)n(CC)n1. The molecule has 1 atom stereocenters. The standard InChI is InChI=1S/C11H18ClN3O/c1-4-9-6-10(15(5-2)14-9)11(16)13-7-8(3)12/h6,8H,4-5,7H2,1-3H3,(H,13,16). The maximum absolute atomic E-state index is 11.8. The Labute approximate surface area is 101 Å². The van der Waals surface area contributed by atoms with Gasteiger partial charge in [-0.2, -0.15) is 5.10 Å². The van der Waals surface area contributed by atoms with E-state index in [4.69, 9.17) is 11.6 Å². The highest BCUT2D eigenvalue weighted by atomic mass is 35.5. The summed E-state index contributed by atoms with van der Waals surface area (Å²) in [5.41, 5.74) is 1.54. The zero-order valence-corrected chi connectivity index (χ0v) is 10.7. The summed E-state index contributed by atoms with van der Waals surface area (Å²) in [5, 5.41) is 7.03. The number of halogens is 1. The fourth-order valence-corrected chi connectivity index (χ4v) is 1.47. The van der Waals surface area contributed by atoms with Gasteiger partial charge in [0, 0.05) is 18.5 Å². The summed E-state index contributed by atoms with van der Waals surface area (Å²) in [5.74, 6) is -0.110. The lowest BCUT2D eigenvalue weighted by Crippen LogP contribution is -2.30. The largest absolute Gasteiger partial charge is 0.349 e. The molecule has 0 radical (unpaired) electrons. The molecule has 1 heterocycles. The van der Waals surface area contributed by atoms with E-state index in [-0.39, 0.29) is 11.3 Å². The fourth-order valence-electron chi connectivity index (χ4n) is 1.39. The third-order valence-corrected chi connectivity index (χ3v) is 2.42. The highest BCUT2D eigenvalue weighted by Crippen LogP contribution is 2.05. The van der Waals surface area contributed by atoms with E-state index in [9.17, 15) is 4.79 Å². The first kappa shape index (κ1) is 13.0. The van der Waals surface area contributed by atoms with Crippen molar-refractivity contribution in [3.8, 4) is 0 Å². The number of aromatic nitrogens is 2. The van der Waals surface area contributed by atoms with Gasteiger partial charge in [0.15, 0.2) is 0 Å². The van der Waals surface area contributed by atoms with Gasteiger partial charge in [-0.05, 0) is 26.3 Å². The van der Waals surface area contributed by atoms with Crippen molar-refractivity contribution < 1.29 is 4.79 Å². The van der Waals surface area contributed by atoms with Crippen molar-refractivity contribution in [1.82, 2.24) is 15.1 Å². The molecule has 16 heavy (non-hydrogen) atoms. The molecule has 90 valence electrons. The summed E-state index contributed by atoms with van der Waals surface area (Å²) >= 11 is 5.78. The van der Waals surface area contributed by atoms with Crippen LogP contribution >= 0.6 is 11.6 Å². The molecule has 0 spiro atoms. The topological polar surface area (TPSA) is 46.9 Å². The Morgan fingerprint density at radius 2 is 2.31 bits per heavy atom. The zero-order chi connectivity index (χ0) is 12.1. The second-order valence-electron chi connectivity index (χ2n) is 3.68. The minimum atomic E-state index is -0.110. The summed E-state index contributed by atoms with van der Waals surface area (Å²) in [4.78, 5) is 11.8. The van der Waals surface area contributed by atoms with E-state index in [0.29, 0.717) is 18.8 Å². The van der Waals surface area contributed by atoms with Crippen LogP contribution in [0.25, 0.3) is 0 Å². The first-order chi connectivity index (χ1) is 7.58. The minimum Gasteiger partial charge on any atom is -0.349 e. The van der Waals surface area contributed by atoms with Crippen LogP contribution in [0.2, 0.25) is 0 Å². The molecule has 4 nitrogen and oxygen atoms in total. The summed E-state index contributed by atoms with van der Waals surface area (Å²) in [6, 6.07) is 1.83. The van der Waals surface area contributed by atoms with Crippen LogP contribution in [-0.2, 0) is 13.0 Å². The lowest BCUT2D eigenvalue weighted by atomic mass is 10.3. The van der Waals surface area contributed by atoms with Crippen molar-refractivity contribution in [2.24, 2.45) is 0 Å². The lowest BCUT2D eigenvalue weighted by Gasteiger charge is -2.07. The minimum absolute atomic E-state index is 0.0624. The van der Waals surface area contributed by atoms with Gasteiger partial charge in [-0.15, -0.1) is 11.6 Å². The Morgan fingerprint density at radius 1 is 1.62 bits per heavy atom. The van der Waals surface area contributed by atoms with Gasteiger partial charge in [0.05, 0.1) is 5.69 Å². The number of hydrogen-bond donors (Lipinski definition) is 1. The summed E-state index contributed by atoms with van der Waals surface area (Å²) < 4.78 is 1.72. The molecule has 0 saturated carbocycles. The van der Waals surface area contributed by atoms with Crippen molar-refractivity contribution in [2.75, 3.05) is 6.54 Å². The molecule has 1 rings (SSSR count). The monoisotopic (exact) mass is 243 g/mol. The van der Waals surface area contributed by atoms with Crippen molar-refractivity contribution in [3.05, 3.63) is 17.5 Å². The van der Waals surface area contributed by atoms with E-state index in [1.807, 2.05) is 26.8 Å².